The van der Waals surface area contributed by atoms with E-state index in [1.807, 2.05) is 0 Å². The fourth-order valence-corrected chi connectivity index (χ4v) is 4.57. The third-order valence-electron chi connectivity index (χ3n) is 4.23. The van der Waals surface area contributed by atoms with Gasteiger partial charge in [-0.3, -0.25) is 18.4 Å². The zero-order valence-electron chi connectivity index (χ0n) is 15.2. The standard InChI is InChI=1S/C15H23N4O7P/c1-8(2)24-12(20)6-17-27(22)23-7-10-13(26-27)9(3)14(25-10)19-5-4-11(16)18-15(19)21/h4-5,8-10,13-14H,6-7H2,1-3H3,(H,17,22)(H2,16,18,21). The number of carbonyl (C=O) groups excluding carboxylic acids is 1. The predicted octanol–water partition coefficient (Wildman–Crippen LogP) is 0.424. The van der Waals surface area contributed by atoms with Gasteiger partial charge >= 0.3 is 19.4 Å². The third-order valence-corrected chi connectivity index (χ3v) is 5.78. The van der Waals surface area contributed by atoms with Crippen LogP contribution in [-0.4, -0.2) is 47.0 Å². The number of fused-ring (bicyclic) bond motifs is 1. The van der Waals surface area contributed by atoms with Gasteiger partial charge in [-0.05, 0) is 19.9 Å². The van der Waals surface area contributed by atoms with Crippen LogP contribution in [-0.2, 0) is 27.9 Å². The van der Waals surface area contributed by atoms with Crippen LogP contribution in [0, 0.1) is 5.92 Å². The molecule has 5 atom stereocenters. The van der Waals surface area contributed by atoms with E-state index < -0.39 is 37.8 Å². The molecular weight excluding hydrogens is 379 g/mol. The highest BCUT2D eigenvalue weighted by Gasteiger charge is 2.51. The van der Waals surface area contributed by atoms with Crippen LogP contribution in [0.15, 0.2) is 17.1 Å². The molecule has 0 radical (unpaired) electrons. The summed E-state index contributed by atoms with van der Waals surface area (Å²) in [6, 6.07) is 1.49. The van der Waals surface area contributed by atoms with Crippen molar-refractivity contribution in [2.24, 2.45) is 5.92 Å². The molecule has 2 aliphatic heterocycles. The Kier molecular flexibility index (Phi) is 5.68. The molecule has 150 valence electrons. The van der Waals surface area contributed by atoms with Gasteiger partial charge in [-0.1, -0.05) is 6.92 Å². The number of hydrogen-bond acceptors (Lipinski definition) is 9. The summed E-state index contributed by atoms with van der Waals surface area (Å²) in [7, 11) is -3.71. The van der Waals surface area contributed by atoms with E-state index in [0.717, 1.165) is 0 Å². The lowest BCUT2D eigenvalue weighted by molar-refractivity contribution is -0.146. The minimum atomic E-state index is -3.71. The second-order valence-electron chi connectivity index (χ2n) is 6.70. The van der Waals surface area contributed by atoms with E-state index in [-0.39, 0.29) is 31.0 Å². The predicted molar refractivity (Wildman–Crippen MR) is 93.6 cm³/mol. The van der Waals surface area contributed by atoms with Crippen molar-refractivity contribution in [1.82, 2.24) is 14.6 Å². The molecule has 3 N–H and O–H groups in total. The van der Waals surface area contributed by atoms with Crippen LogP contribution in [0.4, 0.5) is 5.82 Å². The first-order valence-corrected chi connectivity index (χ1v) is 10.1. The number of hydrogen-bond donors (Lipinski definition) is 2. The van der Waals surface area contributed by atoms with E-state index in [4.69, 9.17) is 24.3 Å². The van der Waals surface area contributed by atoms with Crippen LogP contribution in [0.5, 0.6) is 0 Å². The second kappa shape index (κ2) is 7.69. The van der Waals surface area contributed by atoms with Crippen LogP contribution in [0.1, 0.15) is 27.0 Å². The van der Waals surface area contributed by atoms with Crippen LogP contribution < -0.4 is 16.5 Å². The highest BCUT2D eigenvalue weighted by molar-refractivity contribution is 7.51. The summed E-state index contributed by atoms with van der Waals surface area (Å²) in [6.07, 6.45) is -0.562. The van der Waals surface area contributed by atoms with Crippen LogP contribution in [0.2, 0.25) is 0 Å². The Morgan fingerprint density at radius 3 is 2.96 bits per heavy atom. The van der Waals surface area contributed by atoms with Crippen molar-refractivity contribution < 1.29 is 27.9 Å². The van der Waals surface area contributed by atoms with Crippen molar-refractivity contribution >= 4 is 19.5 Å². The summed E-state index contributed by atoms with van der Waals surface area (Å²) in [4.78, 5) is 27.4. The molecule has 0 bridgehead atoms. The number of esters is 1. The summed E-state index contributed by atoms with van der Waals surface area (Å²) >= 11 is 0. The van der Waals surface area contributed by atoms with E-state index >= 15 is 0 Å². The average molecular weight is 402 g/mol. The highest BCUT2D eigenvalue weighted by atomic mass is 31.2. The maximum Gasteiger partial charge on any atom is 0.406 e. The van der Waals surface area contributed by atoms with E-state index in [9.17, 15) is 14.2 Å². The van der Waals surface area contributed by atoms with Gasteiger partial charge in [0.1, 0.15) is 30.8 Å². The van der Waals surface area contributed by atoms with Gasteiger partial charge in [0.25, 0.3) is 0 Å². The Morgan fingerprint density at radius 2 is 2.30 bits per heavy atom. The average Bonchev–Trinajstić information content (AvgIpc) is 2.89. The lowest BCUT2D eigenvalue weighted by atomic mass is 10.0. The van der Waals surface area contributed by atoms with Crippen molar-refractivity contribution in [1.29, 1.82) is 0 Å². The van der Waals surface area contributed by atoms with Gasteiger partial charge in [0, 0.05) is 12.1 Å². The van der Waals surface area contributed by atoms with Gasteiger partial charge in [-0.25, -0.2) is 14.4 Å². The van der Waals surface area contributed by atoms with Gasteiger partial charge in [-0.2, -0.15) is 4.98 Å². The van der Waals surface area contributed by atoms with Gasteiger partial charge in [0.2, 0.25) is 0 Å². The maximum atomic E-state index is 12.8. The zero-order chi connectivity index (χ0) is 19.8. The van der Waals surface area contributed by atoms with Crippen molar-refractivity contribution in [3.63, 3.8) is 0 Å². The first-order chi connectivity index (χ1) is 12.7. The van der Waals surface area contributed by atoms with Crippen molar-refractivity contribution in [3.8, 4) is 0 Å². The van der Waals surface area contributed by atoms with E-state index in [2.05, 4.69) is 10.1 Å². The van der Waals surface area contributed by atoms with Crippen LogP contribution >= 0.6 is 7.75 Å². The third kappa shape index (κ3) is 4.39. The smallest absolute Gasteiger partial charge is 0.406 e. The molecule has 2 aliphatic rings. The molecule has 0 aromatic carbocycles. The number of anilines is 1. The summed E-state index contributed by atoms with van der Waals surface area (Å²) in [5.41, 5.74) is 4.96. The first kappa shape index (κ1) is 20.0. The quantitative estimate of drug-likeness (QED) is 0.525. The molecule has 5 unspecified atom stereocenters. The molecule has 3 heterocycles. The summed E-state index contributed by atoms with van der Waals surface area (Å²) in [5, 5.41) is 2.49. The Hall–Kier alpha value is -1.78. The Bertz CT molecular complexity index is 814. The second-order valence-corrected chi connectivity index (χ2v) is 8.48. The largest absolute Gasteiger partial charge is 0.462 e. The van der Waals surface area contributed by atoms with Crippen molar-refractivity contribution in [2.45, 2.75) is 45.3 Å². The SMILES string of the molecule is CC(C)OC(=O)CNP1(=O)OCC2OC(n3ccc(N)nc3=O)C(C)C2O1. The molecule has 0 aliphatic carbocycles. The zero-order valence-corrected chi connectivity index (χ0v) is 16.1. The lowest BCUT2D eigenvalue weighted by Gasteiger charge is -2.32. The Morgan fingerprint density at radius 1 is 1.56 bits per heavy atom. The molecule has 11 nitrogen and oxygen atoms in total. The van der Waals surface area contributed by atoms with Crippen molar-refractivity contribution in [2.75, 3.05) is 18.9 Å². The molecule has 3 rings (SSSR count). The Labute approximate surface area is 155 Å². The molecule has 0 amide bonds. The molecule has 2 fully saturated rings. The summed E-state index contributed by atoms with van der Waals surface area (Å²) in [6.45, 7) is 4.91. The van der Waals surface area contributed by atoms with Crippen molar-refractivity contribution in [3.05, 3.63) is 22.7 Å². The number of nitrogens with two attached hydrogens (primary N) is 1. The molecule has 1 aromatic rings. The number of aromatic nitrogens is 2. The summed E-state index contributed by atoms with van der Waals surface area (Å²) < 4.78 is 35.8. The number of ether oxygens (including phenoxy) is 2. The molecule has 1 aromatic heterocycles. The van der Waals surface area contributed by atoms with Gasteiger partial charge < -0.3 is 15.2 Å². The topological polar surface area (TPSA) is 144 Å². The molecular formula is C15H23N4O7P. The van der Waals surface area contributed by atoms with E-state index in [1.165, 1.54) is 16.8 Å². The number of nitrogen functional groups attached to an aromatic ring is 1. The lowest BCUT2D eigenvalue weighted by Crippen LogP contribution is -2.39. The minimum Gasteiger partial charge on any atom is -0.462 e. The van der Waals surface area contributed by atoms with Gasteiger partial charge in [0.15, 0.2) is 0 Å². The molecule has 2 saturated heterocycles. The summed E-state index contributed by atoms with van der Waals surface area (Å²) in [5.74, 6) is -0.775. The Balaban J connectivity index is 1.68. The number of rotatable bonds is 5. The molecule has 12 heteroatoms. The maximum absolute atomic E-state index is 12.8. The minimum absolute atomic E-state index is 0.00777. The first-order valence-electron chi connectivity index (χ1n) is 8.56. The van der Waals surface area contributed by atoms with Gasteiger partial charge in [0.05, 0.1) is 12.7 Å². The van der Waals surface area contributed by atoms with E-state index in [0.29, 0.717) is 0 Å². The molecule has 27 heavy (non-hydrogen) atoms. The number of nitrogens with zero attached hydrogens (tertiary/aromatic N) is 2. The van der Waals surface area contributed by atoms with Gasteiger partial charge in [-0.15, -0.1) is 0 Å². The normalized spacial score (nSPS) is 33.0. The monoisotopic (exact) mass is 402 g/mol. The van der Waals surface area contributed by atoms with Crippen LogP contribution in [0.3, 0.4) is 0 Å². The van der Waals surface area contributed by atoms with E-state index in [1.54, 1.807) is 20.8 Å². The number of carbonyl (C=O) groups is 1. The highest BCUT2D eigenvalue weighted by Crippen LogP contribution is 2.54. The fraction of sp³-hybridized carbons (Fsp3) is 0.667. The van der Waals surface area contributed by atoms with Crippen LogP contribution in [0.25, 0.3) is 0 Å². The molecule has 0 saturated carbocycles. The molecule has 0 spiro atoms. The fourth-order valence-electron chi connectivity index (χ4n) is 3.03. The number of nitrogens with one attached hydrogen (secondary N) is 1.